The first-order valence-corrected chi connectivity index (χ1v) is 19.6. The Morgan fingerprint density at radius 1 is 1.09 bits per heavy atom. The number of urea groups is 1. The highest BCUT2D eigenvalue weighted by molar-refractivity contribution is 7.80. The van der Waals surface area contributed by atoms with E-state index in [1.807, 2.05) is 4.90 Å². The number of ether oxygens (including phenoxy) is 1. The van der Waals surface area contributed by atoms with Crippen LogP contribution in [0, 0.1) is 11.3 Å². The maximum Gasteiger partial charge on any atom is 0.417 e. The van der Waals surface area contributed by atoms with Gasteiger partial charge in [0, 0.05) is 57.3 Å². The summed E-state index contributed by atoms with van der Waals surface area (Å²) in [5.41, 5.74) is -2.18. The van der Waals surface area contributed by atoms with Crippen LogP contribution in [0.3, 0.4) is 0 Å². The zero-order chi connectivity index (χ0) is 41.2. The van der Waals surface area contributed by atoms with E-state index in [1.54, 1.807) is 32.0 Å². The lowest BCUT2D eigenvalue weighted by atomic mass is 9.89. The largest absolute Gasteiger partial charge is 0.417 e. The minimum Gasteiger partial charge on any atom is -0.378 e. The standard InChI is InChI=1S/C39H48F3N9O5S.ClH/c1-24-21-47(22-25(2)49(24)23-34(53)45-27-7-13-32(44-20-27)48-16-14-33(52)46-36(48)55)15-5-17-56-30-11-9-28(10-12-30)51-37(57)50(35(54)38(51,3)4)29-8-6-26(19-43)31(18-29)39(40,41)42;/h6-8,13,18,20,24-25,28,30H,5,9-12,14-17,21-23H2,1-4H3,(H,45,53)(H,46,52,55);1H/t24-,25+,28?,30?;. The predicted molar refractivity (Wildman–Crippen MR) is 216 cm³/mol. The quantitative estimate of drug-likeness (QED) is 0.224. The highest BCUT2D eigenvalue weighted by Gasteiger charge is 2.52. The van der Waals surface area contributed by atoms with Crippen LogP contribution in [0.5, 0.6) is 0 Å². The number of nitrogens with zero attached hydrogens (tertiary/aromatic N) is 7. The van der Waals surface area contributed by atoms with Crippen LogP contribution >= 0.6 is 24.6 Å². The number of thiocarbonyl (C=S) groups is 1. The summed E-state index contributed by atoms with van der Waals surface area (Å²) in [6.07, 6.45) is 0.766. The Morgan fingerprint density at radius 2 is 1.78 bits per heavy atom. The Kier molecular flexibility index (Phi) is 14.1. The number of nitriles is 1. The number of hydrogen-bond acceptors (Lipinski definition) is 10. The van der Waals surface area contributed by atoms with Crippen LogP contribution in [-0.4, -0.2) is 118 Å². The molecule has 1 aromatic heterocycles. The molecule has 1 saturated carbocycles. The van der Waals surface area contributed by atoms with Gasteiger partial charge in [0.15, 0.2) is 5.11 Å². The highest BCUT2D eigenvalue weighted by Crippen LogP contribution is 2.40. The van der Waals surface area contributed by atoms with E-state index in [4.69, 9.17) is 17.0 Å². The van der Waals surface area contributed by atoms with Gasteiger partial charge in [0.25, 0.3) is 5.91 Å². The van der Waals surface area contributed by atoms with Crippen LogP contribution in [0.4, 0.5) is 35.2 Å². The molecule has 3 aliphatic heterocycles. The second-order valence-electron chi connectivity index (χ2n) is 15.7. The monoisotopic (exact) mass is 847 g/mol. The number of halogens is 4. The van der Waals surface area contributed by atoms with Crippen molar-refractivity contribution in [1.82, 2.24) is 25.0 Å². The number of hydrogen-bond donors (Lipinski definition) is 2. The van der Waals surface area contributed by atoms with E-state index >= 15 is 0 Å². The van der Waals surface area contributed by atoms with Gasteiger partial charge in [0.1, 0.15) is 11.4 Å². The molecule has 0 unspecified atom stereocenters. The average molecular weight is 848 g/mol. The molecule has 314 valence electrons. The van der Waals surface area contributed by atoms with E-state index in [9.17, 15) is 37.6 Å². The molecule has 4 aliphatic rings. The van der Waals surface area contributed by atoms with Crippen molar-refractivity contribution >= 4 is 70.7 Å². The molecule has 19 heteroatoms. The molecule has 5 amide bonds. The van der Waals surface area contributed by atoms with Gasteiger partial charge in [-0.05, 0) is 102 Å². The Balaban J connectivity index is 0.00000641. The molecule has 4 fully saturated rings. The zero-order valence-corrected chi connectivity index (χ0v) is 34.5. The van der Waals surface area contributed by atoms with E-state index in [2.05, 4.69) is 39.3 Å². The molecule has 2 aromatic rings. The van der Waals surface area contributed by atoms with Gasteiger partial charge in [0.05, 0.1) is 47.4 Å². The molecule has 1 aromatic carbocycles. The van der Waals surface area contributed by atoms with E-state index in [0.29, 0.717) is 31.0 Å². The molecule has 58 heavy (non-hydrogen) atoms. The highest BCUT2D eigenvalue weighted by atomic mass is 35.5. The summed E-state index contributed by atoms with van der Waals surface area (Å²) >= 11 is 5.73. The lowest BCUT2D eigenvalue weighted by molar-refractivity contribution is -0.137. The molecule has 1 aliphatic carbocycles. The smallest absolute Gasteiger partial charge is 0.378 e. The Labute approximate surface area is 347 Å². The number of nitrogens with one attached hydrogen (secondary N) is 2. The molecule has 2 atom stereocenters. The first kappa shape index (κ1) is 44.7. The summed E-state index contributed by atoms with van der Waals surface area (Å²) in [5.74, 6) is -0.501. The third-order valence-corrected chi connectivity index (χ3v) is 11.6. The number of amides is 5. The minimum atomic E-state index is -4.76. The van der Waals surface area contributed by atoms with E-state index in [1.165, 1.54) is 17.2 Å². The van der Waals surface area contributed by atoms with Gasteiger partial charge in [-0.2, -0.15) is 18.4 Å². The third-order valence-electron chi connectivity index (χ3n) is 11.3. The number of imide groups is 1. The lowest BCUT2D eigenvalue weighted by Gasteiger charge is -2.44. The molecule has 6 rings (SSSR count). The maximum absolute atomic E-state index is 13.7. The third kappa shape index (κ3) is 9.71. The van der Waals surface area contributed by atoms with Crippen LogP contribution in [0.1, 0.15) is 77.3 Å². The summed E-state index contributed by atoms with van der Waals surface area (Å²) in [6.45, 7) is 11.2. The van der Waals surface area contributed by atoms with Crippen LogP contribution in [0.2, 0.25) is 0 Å². The fraction of sp³-hybridized carbons (Fsp3) is 0.564. The van der Waals surface area contributed by atoms with Crippen LogP contribution in [-0.2, 0) is 25.3 Å². The Bertz CT molecular complexity index is 1910. The van der Waals surface area contributed by atoms with Crippen molar-refractivity contribution in [2.24, 2.45) is 0 Å². The van der Waals surface area contributed by atoms with Gasteiger partial charge >= 0.3 is 12.2 Å². The van der Waals surface area contributed by atoms with Crippen molar-refractivity contribution in [3.8, 4) is 6.07 Å². The van der Waals surface area contributed by atoms with Gasteiger partial charge in [-0.3, -0.25) is 34.4 Å². The fourth-order valence-corrected chi connectivity index (χ4v) is 8.96. The summed E-state index contributed by atoms with van der Waals surface area (Å²) in [5, 5.41) is 14.5. The molecular formula is C39H49ClF3N9O5S. The summed E-state index contributed by atoms with van der Waals surface area (Å²) in [6, 6.07) is 7.80. The summed E-state index contributed by atoms with van der Waals surface area (Å²) in [4.78, 5) is 63.4. The molecule has 0 radical (unpaired) electrons. The van der Waals surface area contributed by atoms with Crippen molar-refractivity contribution in [2.45, 2.75) is 102 Å². The number of alkyl halides is 3. The van der Waals surface area contributed by atoms with Gasteiger partial charge in [0.2, 0.25) is 11.8 Å². The average Bonchev–Trinajstić information content (AvgIpc) is 3.33. The second kappa shape index (κ2) is 18.2. The van der Waals surface area contributed by atoms with Gasteiger partial charge in [-0.1, -0.05) is 0 Å². The van der Waals surface area contributed by atoms with Crippen LogP contribution in [0.25, 0.3) is 0 Å². The van der Waals surface area contributed by atoms with Gasteiger partial charge in [-0.15, -0.1) is 12.4 Å². The number of pyridine rings is 1. The zero-order valence-electron chi connectivity index (χ0n) is 32.9. The molecule has 2 N–H and O–H groups in total. The molecule has 0 bridgehead atoms. The number of piperazine rings is 1. The van der Waals surface area contributed by atoms with E-state index < -0.39 is 34.8 Å². The van der Waals surface area contributed by atoms with E-state index in [0.717, 1.165) is 55.9 Å². The molecule has 14 nitrogen and oxygen atoms in total. The summed E-state index contributed by atoms with van der Waals surface area (Å²) < 4.78 is 47.4. The van der Waals surface area contributed by atoms with E-state index in [-0.39, 0.29) is 78.8 Å². The van der Waals surface area contributed by atoms with Crippen molar-refractivity contribution in [3.05, 3.63) is 47.7 Å². The second-order valence-corrected chi connectivity index (χ2v) is 16.0. The number of rotatable bonds is 11. The number of anilines is 3. The van der Waals surface area contributed by atoms with Gasteiger partial charge < -0.3 is 19.9 Å². The number of carbonyl (C=O) groups excluding carboxylic acids is 4. The molecule has 4 heterocycles. The number of aromatic nitrogens is 1. The van der Waals surface area contributed by atoms with Crippen molar-refractivity contribution in [2.75, 3.05) is 54.4 Å². The van der Waals surface area contributed by atoms with Gasteiger partial charge in [-0.25, -0.2) is 9.78 Å². The number of benzene rings is 1. The van der Waals surface area contributed by atoms with Crippen molar-refractivity contribution in [3.63, 3.8) is 0 Å². The maximum atomic E-state index is 13.7. The molecular weight excluding hydrogens is 799 g/mol. The van der Waals surface area contributed by atoms with Crippen molar-refractivity contribution < 1.29 is 37.1 Å². The lowest BCUT2D eigenvalue weighted by Crippen LogP contribution is -2.58. The predicted octanol–water partition coefficient (Wildman–Crippen LogP) is 5.30. The molecule has 3 saturated heterocycles. The normalized spacial score (nSPS) is 24.3. The topological polar surface area (TPSA) is 154 Å². The Hall–Kier alpha value is -4.41. The first-order chi connectivity index (χ1) is 27.0. The van der Waals surface area contributed by atoms with Crippen LogP contribution in [0.15, 0.2) is 36.5 Å². The van der Waals surface area contributed by atoms with Crippen LogP contribution < -0.4 is 20.4 Å². The number of carbonyl (C=O) groups is 4. The minimum absolute atomic E-state index is 0. The first-order valence-electron chi connectivity index (χ1n) is 19.2. The summed E-state index contributed by atoms with van der Waals surface area (Å²) in [7, 11) is 0. The SMILES string of the molecule is C[C@@H]1CN(CCCOC2CCC(N3C(=S)N(c4ccc(C#N)c(C(F)(F)F)c4)C(=O)C3(C)C)CC2)C[C@H](C)N1CC(=O)Nc1ccc(N2CCC(=O)NC2=O)nc1.Cl. The van der Waals surface area contributed by atoms with Crippen molar-refractivity contribution in [1.29, 1.82) is 5.26 Å². The fourth-order valence-electron chi connectivity index (χ4n) is 8.39. The molecule has 0 spiro atoms. The Morgan fingerprint density at radius 3 is 2.38 bits per heavy atom.